The molecule has 102 valence electrons. The van der Waals surface area contributed by atoms with Gasteiger partial charge in [-0.2, -0.15) is 18.2 Å². The van der Waals surface area contributed by atoms with E-state index in [-0.39, 0.29) is 11.6 Å². The minimum absolute atomic E-state index is 0.155. The van der Waals surface area contributed by atoms with Gasteiger partial charge in [0.05, 0.1) is 0 Å². The van der Waals surface area contributed by atoms with Gasteiger partial charge in [0.2, 0.25) is 5.88 Å². The molecule has 0 aliphatic heterocycles. The summed E-state index contributed by atoms with van der Waals surface area (Å²) in [7, 11) is 0. The third-order valence-electron chi connectivity index (χ3n) is 2.02. The Morgan fingerprint density at radius 3 is 2.95 bits per heavy atom. The Kier molecular flexibility index (Phi) is 3.47. The Morgan fingerprint density at radius 1 is 1.58 bits per heavy atom. The van der Waals surface area contributed by atoms with Gasteiger partial charge in [-0.3, -0.25) is 4.40 Å². The predicted octanol–water partition coefficient (Wildman–Crippen LogP) is 2.43. The van der Waals surface area contributed by atoms with Crippen LogP contribution in [0.3, 0.4) is 0 Å². The molecule has 0 saturated carbocycles. The lowest BCUT2D eigenvalue weighted by atomic mass is 10.4. The van der Waals surface area contributed by atoms with Crippen molar-refractivity contribution in [3.8, 4) is 5.88 Å². The fourth-order valence-corrected chi connectivity index (χ4v) is 2.05. The lowest BCUT2D eigenvalue weighted by molar-refractivity contribution is -0.154. The number of hydrogen-bond acceptors (Lipinski definition) is 4. The van der Waals surface area contributed by atoms with Crippen molar-refractivity contribution in [2.24, 2.45) is 0 Å². The number of carboxylic acid groups (broad SMARTS) is 1. The minimum atomic E-state index is -4.48. The number of hydrogen-bond donors (Lipinski definition) is 1. The van der Waals surface area contributed by atoms with Gasteiger partial charge in [-0.1, -0.05) is 0 Å². The Bertz CT molecular complexity index is 630. The topological polar surface area (TPSA) is 63.8 Å². The van der Waals surface area contributed by atoms with E-state index in [2.05, 4.69) is 9.72 Å². The summed E-state index contributed by atoms with van der Waals surface area (Å²) in [5.74, 6) is -1.46. The summed E-state index contributed by atoms with van der Waals surface area (Å²) >= 11 is 1.20. The van der Waals surface area contributed by atoms with Gasteiger partial charge >= 0.3 is 12.1 Å². The molecule has 2 aromatic rings. The fraction of sp³-hybridized carbons (Fsp3) is 0.200. The largest absolute Gasteiger partial charge is 0.478 e. The molecule has 0 saturated heterocycles. The van der Waals surface area contributed by atoms with Crippen molar-refractivity contribution in [1.82, 2.24) is 9.38 Å². The molecule has 1 N–H and O–H groups in total. The van der Waals surface area contributed by atoms with Gasteiger partial charge in [-0.05, 0) is 6.08 Å². The molecule has 2 heterocycles. The van der Waals surface area contributed by atoms with Crippen LogP contribution in [0.4, 0.5) is 13.2 Å². The van der Waals surface area contributed by atoms with Gasteiger partial charge in [0, 0.05) is 17.7 Å². The van der Waals surface area contributed by atoms with E-state index >= 15 is 0 Å². The lowest BCUT2D eigenvalue weighted by Gasteiger charge is -2.07. The van der Waals surface area contributed by atoms with Crippen LogP contribution >= 0.6 is 11.3 Å². The smallest absolute Gasteiger partial charge is 0.422 e. The number of carboxylic acids is 1. The number of aromatic nitrogens is 2. The van der Waals surface area contributed by atoms with Crippen LogP contribution in [0.5, 0.6) is 5.88 Å². The predicted molar refractivity (Wildman–Crippen MR) is 61.3 cm³/mol. The highest BCUT2D eigenvalue weighted by molar-refractivity contribution is 7.15. The minimum Gasteiger partial charge on any atom is -0.478 e. The second-order valence-electron chi connectivity index (χ2n) is 3.43. The van der Waals surface area contributed by atoms with Crippen LogP contribution < -0.4 is 4.74 Å². The number of rotatable bonds is 4. The zero-order valence-electron chi connectivity index (χ0n) is 9.22. The SMILES string of the molecule is O=C(O)/C=C/c1c(OCC(F)(F)F)nc2sccn12. The second-order valence-corrected chi connectivity index (χ2v) is 4.31. The number of ether oxygens (including phenoxy) is 1. The highest BCUT2D eigenvalue weighted by atomic mass is 32.1. The molecular weight excluding hydrogens is 285 g/mol. The Labute approximate surface area is 108 Å². The van der Waals surface area contributed by atoms with Crippen LogP contribution in [0.1, 0.15) is 5.69 Å². The second kappa shape index (κ2) is 4.92. The molecule has 0 bridgehead atoms. The molecule has 0 spiro atoms. The van der Waals surface area contributed by atoms with E-state index < -0.39 is 18.8 Å². The van der Waals surface area contributed by atoms with Gasteiger partial charge in [0.15, 0.2) is 11.6 Å². The van der Waals surface area contributed by atoms with Crippen molar-refractivity contribution < 1.29 is 27.8 Å². The van der Waals surface area contributed by atoms with Crippen molar-refractivity contribution in [2.75, 3.05) is 6.61 Å². The summed E-state index contributed by atoms with van der Waals surface area (Å²) in [6, 6.07) is 0. The Morgan fingerprint density at radius 2 is 2.32 bits per heavy atom. The number of aliphatic carboxylic acids is 1. The molecule has 0 amide bonds. The van der Waals surface area contributed by atoms with E-state index in [0.29, 0.717) is 4.96 Å². The summed E-state index contributed by atoms with van der Waals surface area (Å²) in [5, 5.41) is 10.2. The van der Waals surface area contributed by atoms with Crippen LogP contribution in [-0.2, 0) is 4.79 Å². The highest BCUT2D eigenvalue weighted by Gasteiger charge is 2.29. The van der Waals surface area contributed by atoms with E-state index in [1.54, 1.807) is 11.6 Å². The van der Waals surface area contributed by atoms with E-state index in [4.69, 9.17) is 5.11 Å². The first kappa shape index (κ1) is 13.4. The van der Waals surface area contributed by atoms with Crippen LogP contribution in [0.2, 0.25) is 0 Å². The monoisotopic (exact) mass is 292 g/mol. The van der Waals surface area contributed by atoms with E-state index in [1.807, 2.05) is 0 Å². The molecule has 0 aromatic carbocycles. The summed E-state index contributed by atoms with van der Waals surface area (Å²) in [5.41, 5.74) is 0.155. The molecular formula is C10H7F3N2O3S. The summed E-state index contributed by atoms with van der Waals surface area (Å²) < 4.78 is 42.3. The Balaban J connectivity index is 2.33. The molecule has 19 heavy (non-hydrogen) atoms. The first-order valence-electron chi connectivity index (χ1n) is 4.93. The zero-order chi connectivity index (χ0) is 14.0. The van der Waals surface area contributed by atoms with Crippen LogP contribution in [0, 0.1) is 0 Å². The molecule has 5 nitrogen and oxygen atoms in total. The summed E-state index contributed by atoms with van der Waals surface area (Å²) in [6.07, 6.45) is -0.970. The van der Waals surface area contributed by atoms with Crippen LogP contribution in [-0.4, -0.2) is 33.2 Å². The maximum Gasteiger partial charge on any atom is 0.422 e. The fourth-order valence-electron chi connectivity index (χ4n) is 1.34. The van der Waals surface area contributed by atoms with Gasteiger partial charge in [-0.25, -0.2) is 4.79 Å². The van der Waals surface area contributed by atoms with Crippen molar-refractivity contribution in [1.29, 1.82) is 0 Å². The van der Waals surface area contributed by atoms with Crippen LogP contribution in [0.15, 0.2) is 17.7 Å². The van der Waals surface area contributed by atoms with Gasteiger partial charge in [0.1, 0.15) is 5.69 Å². The van der Waals surface area contributed by atoms with Crippen molar-refractivity contribution >= 4 is 28.3 Å². The van der Waals surface area contributed by atoms with Crippen LogP contribution in [0.25, 0.3) is 11.0 Å². The molecule has 2 aromatic heterocycles. The van der Waals surface area contributed by atoms with E-state index in [9.17, 15) is 18.0 Å². The summed E-state index contributed by atoms with van der Waals surface area (Å²) in [4.78, 5) is 14.8. The number of halogens is 3. The highest BCUT2D eigenvalue weighted by Crippen LogP contribution is 2.26. The average molecular weight is 292 g/mol. The first-order valence-corrected chi connectivity index (χ1v) is 5.81. The number of fused-ring (bicyclic) bond motifs is 1. The van der Waals surface area contributed by atoms with Gasteiger partial charge < -0.3 is 9.84 Å². The number of imidazole rings is 1. The molecule has 0 fully saturated rings. The van der Waals surface area contributed by atoms with Gasteiger partial charge in [-0.15, -0.1) is 11.3 Å². The zero-order valence-corrected chi connectivity index (χ0v) is 10.0. The maximum atomic E-state index is 12.1. The third-order valence-corrected chi connectivity index (χ3v) is 2.78. The van der Waals surface area contributed by atoms with E-state index in [1.165, 1.54) is 15.7 Å². The number of alkyl halides is 3. The quantitative estimate of drug-likeness (QED) is 0.879. The first-order chi connectivity index (χ1) is 8.87. The van der Waals surface area contributed by atoms with Crippen molar-refractivity contribution in [2.45, 2.75) is 6.18 Å². The molecule has 0 unspecified atom stereocenters. The normalized spacial score (nSPS) is 12.4. The molecule has 0 atom stereocenters. The molecule has 9 heteroatoms. The molecule has 0 radical (unpaired) electrons. The Hall–Kier alpha value is -2.03. The molecule has 0 aliphatic rings. The standard InChI is InChI=1S/C10H7F3N2O3S/c11-10(12,13)5-18-8-6(1-2-7(16)17)15-3-4-19-9(15)14-8/h1-4H,5H2,(H,16,17)/b2-1+. The van der Waals surface area contributed by atoms with Crippen molar-refractivity contribution in [3.05, 3.63) is 23.3 Å². The third kappa shape index (κ3) is 3.25. The average Bonchev–Trinajstić information content (AvgIpc) is 2.82. The van der Waals surface area contributed by atoms with Crippen molar-refractivity contribution in [3.63, 3.8) is 0 Å². The van der Waals surface area contributed by atoms with Gasteiger partial charge in [0.25, 0.3) is 0 Å². The van der Waals surface area contributed by atoms with E-state index in [0.717, 1.165) is 12.2 Å². The maximum absolute atomic E-state index is 12.1. The number of carbonyl (C=O) groups is 1. The number of nitrogens with zero attached hydrogens (tertiary/aromatic N) is 2. The number of thiazole rings is 1. The molecule has 2 rings (SSSR count). The summed E-state index contributed by atoms with van der Waals surface area (Å²) in [6.45, 7) is -1.48. The molecule has 0 aliphatic carbocycles. The lowest BCUT2D eigenvalue weighted by Crippen LogP contribution is -2.19.